The predicted molar refractivity (Wildman–Crippen MR) is 102 cm³/mol. The molecule has 1 aromatic rings. The zero-order valence-corrected chi connectivity index (χ0v) is 15.7. The molecule has 1 amide bonds. The van der Waals surface area contributed by atoms with Gasteiger partial charge in [0, 0.05) is 51.9 Å². The highest BCUT2D eigenvalue weighted by Crippen LogP contribution is 2.12. The maximum Gasteiger partial charge on any atom is 0.251 e. The van der Waals surface area contributed by atoms with Crippen LogP contribution in [-0.2, 0) is 16.0 Å². The molecule has 0 aliphatic carbocycles. The molecule has 1 aliphatic heterocycles. The first-order valence-electron chi connectivity index (χ1n) is 9.14. The minimum atomic E-state index is -0.0847. The van der Waals surface area contributed by atoms with Crippen LogP contribution < -0.4 is 16.0 Å². The number of hydrogen-bond acceptors (Lipinski definition) is 4. The van der Waals surface area contributed by atoms with Crippen molar-refractivity contribution in [2.24, 2.45) is 10.9 Å². The van der Waals surface area contributed by atoms with E-state index in [0.29, 0.717) is 18.0 Å². The van der Waals surface area contributed by atoms with E-state index in [0.717, 1.165) is 57.3 Å². The fourth-order valence-corrected chi connectivity index (χ4v) is 2.72. The van der Waals surface area contributed by atoms with Crippen LogP contribution in [0.1, 0.15) is 28.8 Å². The SMILES string of the molecule is CN=C(NCCCOCC1CCOC1)NCc1cccc(C(=O)NC)c1. The third-order valence-electron chi connectivity index (χ3n) is 4.24. The van der Waals surface area contributed by atoms with Crippen molar-refractivity contribution in [2.75, 3.05) is 47.1 Å². The second-order valence-corrected chi connectivity index (χ2v) is 6.29. The Bertz CT molecular complexity index is 586. The molecule has 144 valence electrons. The summed E-state index contributed by atoms with van der Waals surface area (Å²) in [5.74, 6) is 1.21. The molecule has 0 saturated carbocycles. The van der Waals surface area contributed by atoms with Crippen molar-refractivity contribution < 1.29 is 14.3 Å². The van der Waals surface area contributed by atoms with E-state index in [2.05, 4.69) is 20.9 Å². The molecule has 1 aliphatic rings. The molecule has 26 heavy (non-hydrogen) atoms. The van der Waals surface area contributed by atoms with Crippen molar-refractivity contribution in [3.63, 3.8) is 0 Å². The van der Waals surface area contributed by atoms with Crippen LogP contribution in [0.5, 0.6) is 0 Å². The number of nitrogens with zero attached hydrogens (tertiary/aromatic N) is 1. The second-order valence-electron chi connectivity index (χ2n) is 6.29. The fourth-order valence-electron chi connectivity index (χ4n) is 2.72. The van der Waals surface area contributed by atoms with Gasteiger partial charge in [-0.05, 0) is 30.5 Å². The van der Waals surface area contributed by atoms with Gasteiger partial charge in [-0.25, -0.2) is 0 Å². The molecule has 1 heterocycles. The van der Waals surface area contributed by atoms with Gasteiger partial charge >= 0.3 is 0 Å². The first kappa shape index (κ1) is 20.2. The topological polar surface area (TPSA) is 84.0 Å². The Balaban J connectivity index is 1.62. The molecule has 0 spiro atoms. The molecule has 0 bridgehead atoms. The Morgan fingerprint density at radius 1 is 1.38 bits per heavy atom. The van der Waals surface area contributed by atoms with E-state index in [9.17, 15) is 4.79 Å². The molecule has 0 aromatic heterocycles. The van der Waals surface area contributed by atoms with Gasteiger partial charge < -0.3 is 25.4 Å². The molecule has 1 aromatic carbocycles. The minimum absolute atomic E-state index is 0.0847. The van der Waals surface area contributed by atoms with Crippen molar-refractivity contribution >= 4 is 11.9 Å². The Labute approximate surface area is 155 Å². The van der Waals surface area contributed by atoms with Crippen LogP contribution >= 0.6 is 0 Å². The summed E-state index contributed by atoms with van der Waals surface area (Å²) in [5, 5.41) is 9.16. The molecule has 7 nitrogen and oxygen atoms in total. The van der Waals surface area contributed by atoms with Gasteiger partial charge in [-0.2, -0.15) is 0 Å². The van der Waals surface area contributed by atoms with Crippen LogP contribution in [0.4, 0.5) is 0 Å². The van der Waals surface area contributed by atoms with Gasteiger partial charge in [-0.15, -0.1) is 0 Å². The van der Waals surface area contributed by atoms with Crippen LogP contribution in [0.3, 0.4) is 0 Å². The number of carbonyl (C=O) groups is 1. The maximum atomic E-state index is 11.7. The Morgan fingerprint density at radius 3 is 3.00 bits per heavy atom. The standard InChI is InChI=1S/C19H30N4O3/c1-20-18(24)17-6-3-5-15(11-17)12-23-19(21-2)22-8-4-9-25-13-16-7-10-26-14-16/h3,5-6,11,16H,4,7-10,12-14H2,1-2H3,(H,20,24)(H2,21,22,23). The quantitative estimate of drug-likeness (QED) is 0.349. The van der Waals surface area contributed by atoms with Crippen molar-refractivity contribution in [2.45, 2.75) is 19.4 Å². The highest BCUT2D eigenvalue weighted by atomic mass is 16.5. The number of guanidine groups is 1. The lowest BCUT2D eigenvalue weighted by molar-refractivity contribution is 0.0888. The van der Waals surface area contributed by atoms with Gasteiger partial charge in [-0.1, -0.05) is 12.1 Å². The van der Waals surface area contributed by atoms with Gasteiger partial charge in [0.15, 0.2) is 5.96 Å². The van der Waals surface area contributed by atoms with Gasteiger partial charge in [0.25, 0.3) is 5.91 Å². The number of amides is 1. The van der Waals surface area contributed by atoms with Crippen LogP contribution in [0.2, 0.25) is 0 Å². The fraction of sp³-hybridized carbons (Fsp3) is 0.579. The summed E-state index contributed by atoms with van der Waals surface area (Å²) < 4.78 is 11.0. The summed E-state index contributed by atoms with van der Waals surface area (Å²) in [6.07, 6.45) is 2.02. The van der Waals surface area contributed by atoms with Crippen molar-refractivity contribution in [1.82, 2.24) is 16.0 Å². The van der Waals surface area contributed by atoms with E-state index in [1.54, 1.807) is 20.2 Å². The van der Waals surface area contributed by atoms with E-state index in [1.165, 1.54) is 0 Å². The third-order valence-corrected chi connectivity index (χ3v) is 4.24. The van der Waals surface area contributed by atoms with Gasteiger partial charge in [0.2, 0.25) is 0 Å². The summed E-state index contributed by atoms with van der Waals surface area (Å²) in [6, 6.07) is 7.53. The first-order valence-corrected chi connectivity index (χ1v) is 9.14. The Kier molecular flexibility index (Phi) is 8.92. The van der Waals surface area contributed by atoms with E-state index in [1.807, 2.05) is 18.2 Å². The molecule has 7 heteroatoms. The average Bonchev–Trinajstić information content (AvgIpc) is 3.20. The summed E-state index contributed by atoms with van der Waals surface area (Å²) in [6.45, 7) is 4.60. The largest absolute Gasteiger partial charge is 0.381 e. The highest BCUT2D eigenvalue weighted by molar-refractivity contribution is 5.94. The van der Waals surface area contributed by atoms with Crippen LogP contribution in [0, 0.1) is 5.92 Å². The minimum Gasteiger partial charge on any atom is -0.381 e. The van der Waals surface area contributed by atoms with Crippen LogP contribution in [-0.4, -0.2) is 58.9 Å². The molecule has 1 fully saturated rings. The average molecular weight is 362 g/mol. The number of nitrogens with one attached hydrogen (secondary N) is 3. The van der Waals surface area contributed by atoms with E-state index in [-0.39, 0.29) is 5.91 Å². The highest BCUT2D eigenvalue weighted by Gasteiger charge is 2.15. The second kappa shape index (κ2) is 11.5. The van der Waals surface area contributed by atoms with Gasteiger partial charge in [0.1, 0.15) is 0 Å². The lowest BCUT2D eigenvalue weighted by atomic mass is 10.1. The van der Waals surface area contributed by atoms with Crippen molar-refractivity contribution in [3.05, 3.63) is 35.4 Å². The number of benzene rings is 1. The smallest absolute Gasteiger partial charge is 0.251 e. The molecule has 0 radical (unpaired) electrons. The van der Waals surface area contributed by atoms with Crippen LogP contribution in [0.15, 0.2) is 29.3 Å². The number of rotatable bonds is 9. The molecule has 3 N–H and O–H groups in total. The Morgan fingerprint density at radius 2 is 2.27 bits per heavy atom. The number of carbonyl (C=O) groups excluding carboxylic acids is 1. The van der Waals surface area contributed by atoms with Crippen molar-refractivity contribution in [3.8, 4) is 0 Å². The zero-order valence-electron chi connectivity index (χ0n) is 15.7. The normalized spacial score (nSPS) is 17.2. The van der Waals surface area contributed by atoms with E-state index < -0.39 is 0 Å². The molecule has 1 unspecified atom stereocenters. The third kappa shape index (κ3) is 7.01. The van der Waals surface area contributed by atoms with Crippen molar-refractivity contribution in [1.29, 1.82) is 0 Å². The van der Waals surface area contributed by atoms with E-state index in [4.69, 9.17) is 9.47 Å². The number of hydrogen-bond donors (Lipinski definition) is 3. The first-order chi connectivity index (χ1) is 12.7. The summed E-state index contributed by atoms with van der Waals surface area (Å²) in [4.78, 5) is 15.9. The summed E-state index contributed by atoms with van der Waals surface area (Å²) >= 11 is 0. The molecular weight excluding hydrogens is 332 g/mol. The Hall–Kier alpha value is -2.12. The van der Waals surface area contributed by atoms with Gasteiger partial charge in [-0.3, -0.25) is 9.79 Å². The lowest BCUT2D eigenvalue weighted by Crippen LogP contribution is -2.37. The maximum absolute atomic E-state index is 11.7. The van der Waals surface area contributed by atoms with E-state index >= 15 is 0 Å². The zero-order chi connectivity index (χ0) is 18.6. The molecule has 1 saturated heterocycles. The molecular formula is C19H30N4O3. The van der Waals surface area contributed by atoms with Gasteiger partial charge in [0.05, 0.1) is 13.2 Å². The summed E-state index contributed by atoms with van der Waals surface area (Å²) in [5.41, 5.74) is 1.68. The number of ether oxygens (including phenoxy) is 2. The molecule has 2 rings (SSSR count). The lowest BCUT2D eigenvalue weighted by Gasteiger charge is -2.13. The van der Waals surface area contributed by atoms with Crippen LogP contribution in [0.25, 0.3) is 0 Å². The summed E-state index contributed by atoms with van der Waals surface area (Å²) in [7, 11) is 3.37. The predicted octanol–water partition coefficient (Wildman–Crippen LogP) is 1.15. The molecule has 1 atom stereocenters. The monoisotopic (exact) mass is 362 g/mol. The number of aliphatic imine (C=N–C) groups is 1.